The van der Waals surface area contributed by atoms with Crippen LogP contribution in [0.5, 0.6) is 5.75 Å². The minimum Gasteiger partial charge on any atom is -0.472 e. The van der Waals surface area contributed by atoms with Gasteiger partial charge in [0.15, 0.2) is 11.9 Å². The van der Waals surface area contributed by atoms with Gasteiger partial charge in [0.2, 0.25) is 10.0 Å². The van der Waals surface area contributed by atoms with Gasteiger partial charge in [0.05, 0.1) is 16.9 Å². The second kappa shape index (κ2) is 7.14. The first-order chi connectivity index (χ1) is 11.3. The molecule has 0 unspecified atom stereocenters. The lowest BCUT2D eigenvalue weighted by molar-refractivity contribution is -0.386. The molecule has 0 saturated carbocycles. The minimum atomic E-state index is -3.78. The normalized spacial score (nSPS) is 16.6. The molecule has 1 aliphatic rings. The summed E-state index contributed by atoms with van der Waals surface area (Å²) in [6.07, 6.45) is 0.466. The van der Waals surface area contributed by atoms with E-state index in [-0.39, 0.29) is 10.6 Å². The monoisotopic (exact) mass is 358 g/mol. The van der Waals surface area contributed by atoms with E-state index in [1.54, 1.807) is 0 Å². The number of nitro groups is 1. The van der Waals surface area contributed by atoms with Crippen molar-refractivity contribution in [3.63, 3.8) is 0 Å². The molecular formula is C14H18N2O7S. The highest BCUT2D eigenvalue weighted by molar-refractivity contribution is 7.89. The Balaban J connectivity index is 2.36. The number of ether oxygens (including phenoxy) is 2. The molecule has 0 amide bonds. The van der Waals surface area contributed by atoms with Crippen molar-refractivity contribution in [1.82, 2.24) is 4.31 Å². The fourth-order valence-corrected chi connectivity index (χ4v) is 3.92. The molecule has 1 saturated heterocycles. The SMILES string of the molecule is COC(=O)[C@@H](C)Oc1ccc(S(=O)(=O)N2CCCC2)cc1[N+](=O)[O-]. The van der Waals surface area contributed by atoms with Crippen LogP contribution >= 0.6 is 0 Å². The molecule has 1 aliphatic heterocycles. The summed E-state index contributed by atoms with van der Waals surface area (Å²) < 4.78 is 36.0. The van der Waals surface area contributed by atoms with Crippen molar-refractivity contribution in [2.75, 3.05) is 20.2 Å². The summed E-state index contributed by atoms with van der Waals surface area (Å²) in [5.74, 6) is -0.892. The molecule has 9 nitrogen and oxygen atoms in total. The lowest BCUT2D eigenvalue weighted by Gasteiger charge is -2.16. The van der Waals surface area contributed by atoms with E-state index in [0.717, 1.165) is 18.9 Å². The van der Waals surface area contributed by atoms with Crippen molar-refractivity contribution in [3.8, 4) is 5.75 Å². The van der Waals surface area contributed by atoms with Crippen molar-refractivity contribution < 1.29 is 27.6 Å². The van der Waals surface area contributed by atoms with E-state index in [1.165, 1.54) is 30.5 Å². The van der Waals surface area contributed by atoms with Crippen molar-refractivity contribution in [1.29, 1.82) is 0 Å². The molecule has 2 rings (SSSR count). The third-order valence-electron chi connectivity index (χ3n) is 3.67. The summed E-state index contributed by atoms with van der Waals surface area (Å²) in [6, 6.07) is 3.37. The standard InChI is InChI=1S/C14H18N2O7S/c1-10(14(17)22-2)23-13-6-5-11(9-12(13)16(18)19)24(20,21)15-7-3-4-8-15/h5-6,9-10H,3-4,7-8H2,1-2H3/t10-/m1/s1. The topological polar surface area (TPSA) is 116 Å². The molecule has 0 radical (unpaired) electrons. The van der Waals surface area contributed by atoms with Gasteiger partial charge in [0.1, 0.15) is 0 Å². The molecule has 24 heavy (non-hydrogen) atoms. The summed E-state index contributed by atoms with van der Waals surface area (Å²) in [5.41, 5.74) is -0.522. The van der Waals surface area contributed by atoms with Gasteiger partial charge in [-0.3, -0.25) is 10.1 Å². The Kier molecular flexibility index (Phi) is 5.40. The van der Waals surface area contributed by atoms with E-state index < -0.39 is 32.7 Å². The number of hydrogen-bond acceptors (Lipinski definition) is 7. The molecule has 10 heteroatoms. The number of sulfonamides is 1. The third-order valence-corrected chi connectivity index (χ3v) is 5.56. The van der Waals surface area contributed by atoms with Gasteiger partial charge >= 0.3 is 11.7 Å². The van der Waals surface area contributed by atoms with Crippen LogP contribution in [0.1, 0.15) is 19.8 Å². The number of esters is 1. The third kappa shape index (κ3) is 3.65. The molecule has 1 atom stereocenters. The minimum absolute atomic E-state index is 0.172. The molecule has 0 aliphatic carbocycles. The van der Waals surface area contributed by atoms with Gasteiger partial charge in [-0.05, 0) is 31.9 Å². The maximum Gasteiger partial charge on any atom is 0.346 e. The summed E-state index contributed by atoms with van der Waals surface area (Å²) in [4.78, 5) is 21.7. The van der Waals surface area contributed by atoms with Crippen LogP contribution in [0.3, 0.4) is 0 Å². The quantitative estimate of drug-likeness (QED) is 0.428. The molecule has 0 bridgehead atoms. The molecule has 0 aromatic heterocycles. The lowest BCUT2D eigenvalue weighted by Crippen LogP contribution is -2.28. The predicted octanol–water partition coefficient (Wildman–Crippen LogP) is 1.32. The summed E-state index contributed by atoms with van der Waals surface area (Å²) in [7, 11) is -2.61. The van der Waals surface area contributed by atoms with Gasteiger partial charge < -0.3 is 9.47 Å². The smallest absolute Gasteiger partial charge is 0.346 e. The Hall–Kier alpha value is -2.20. The Bertz CT molecular complexity index is 741. The number of nitro benzene ring substituents is 1. The van der Waals surface area contributed by atoms with Crippen LogP contribution in [-0.4, -0.2) is 49.9 Å². The van der Waals surface area contributed by atoms with Crippen LogP contribution < -0.4 is 4.74 Å². The number of carbonyl (C=O) groups is 1. The van der Waals surface area contributed by atoms with Gasteiger partial charge in [-0.2, -0.15) is 4.31 Å². The van der Waals surface area contributed by atoms with Gasteiger partial charge in [-0.25, -0.2) is 13.2 Å². The van der Waals surface area contributed by atoms with Gasteiger partial charge in [0, 0.05) is 19.2 Å². The summed E-state index contributed by atoms with van der Waals surface area (Å²) in [6.45, 7) is 2.17. The maximum atomic E-state index is 12.5. The highest BCUT2D eigenvalue weighted by atomic mass is 32.2. The number of nitrogens with zero attached hydrogens (tertiary/aromatic N) is 2. The lowest BCUT2D eigenvalue weighted by atomic mass is 10.3. The molecule has 0 spiro atoms. The van der Waals surface area contributed by atoms with Crippen LogP contribution in [0.4, 0.5) is 5.69 Å². The highest BCUT2D eigenvalue weighted by Crippen LogP contribution is 2.32. The van der Waals surface area contributed by atoms with Crippen molar-refractivity contribution in [2.45, 2.75) is 30.8 Å². The fraction of sp³-hybridized carbons (Fsp3) is 0.500. The molecule has 1 aromatic carbocycles. The fourth-order valence-electron chi connectivity index (χ4n) is 2.38. The second-order valence-corrected chi connectivity index (χ2v) is 7.22. The summed E-state index contributed by atoms with van der Waals surface area (Å²) >= 11 is 0. The number of benzene rings is 1. The van der Waals surface area contributed by atoms with E-state index in [1.807, 2.05) is 0 Å². The maximum absolute atomic E-state index is 12.5. The van der Waals surface area contributed by atoms with Crippen LogP contribution in [0.25, 0.3) is 0 Å². The predicted molar refractivity (Wildman–Crippen MR) is 83.2 cm³/mol. The summed E-state index contributed by atoms with van der Waals surface area (Å²) in [5, 5.41) is 11.2. The van der Waals surface area contributed by atoms with Crippen LogP contribution in [-0.2, 0) is 19.6 Å². The number of carbonyl (C=O) groups excluding carboxylic acids is 1. The van der Waals surface area contributed by atoms with Crippen molar-refractivity contribution >= 4 is 21.7 Å². The zero-order chi connectivity index (χ0) is 17.9. The van der Waals surface area contributed by atoms with Gasteiger partial charge in [-0.15, -0.1) is 0 Å². The van der Waals surface area contributed by atoms with E-state index in [2.05, 4.69) is 4.74 Å². The molecular weight excluding hydrogens is 340 g/mol. The molecule has 0 N–H and O–H groups in total. The largest absolute Gasteiger partial charge is 0.472 e. The van der Waals surface area contributed by atoms with Crippen LogP contribution in [0, 0.1) is 10.1 Å². The average Bonchev–Trinajstić information content (AvgIpc) is 3.09. The Morgan fingerprint density at radius 2 is 1.96 bits per heavy atom. The van der Waals surface area contributed by atoms with Gasteiger partial charge in [-0.1, -0.05) is 0 Å². The second-order valence-electron chi connectivity index (χ2n) is 5.28. The van der Waals surface area contributed by atoms with E-state index in [0.29, 0.717) is 13.1 Å². The van der Waals surface area contributed by atoms with Gasteiger partial charge in [0.25, 0.3) is 0 Å². The Morgan fingerprint density at radius 3 is 2.50 bits per heavy atom. The average molecular weight is 358 g/mol. The highest BCUT2D eigenvalue weighted by Gasteiger charge is 2.30. The number of rotatable bonds is 6. The number of hydrogen-bond donors (Lipinski definition) is 0. The molecule has 132 valence electrons. The molecule has 1 aromatic rings. The van der Waals surface area contributed by atoms with E-state index >= 15 is 0 Å². The van der Waals surface area contributed by atoms with E-state index in [9.17, 15) is 23.3 Å². The van der Waals surface area contributed by atoms with Crippen molar-refractivity contribution in [2.24, 2.45) is 0 Å². The molecule has 1 heterocycles. The zero-order valence-corrected chi connectivity index (χ0v) is 14.1. The van der Waals surface area contributed by atoms with E-state index in [4.69, 9.17) is 4.74 Å². The first-order valence-electron chi connectivity index (χ1n) is 7.30. The van der Waals surface area contributed by atoms with Crippen molar-refractivity contribution in [3.05, 3.63) is 28.3 Å². The Morgan fingerprint density at radius 1 is 1.33 bits per heavy atom. The van der Waals surface area contributed by atoms with Crippen LogP contribution in [0.2, 0.25) is 0 Å². The first-order valence-corrected chi connectivity index (χ1v) is 8.74. The van der Waals surface area contributed by atoms with Crippen LogP contribution in [0.15, 0.2) is 23.1 Å². The Labute approximate surface area is 139 Å². The zero-order valence-electron chi connectivity index (χ0n) is 13.3. The first kappa shape index (κ1) is 18.1. The molecule has 1 fully saturated rings. The number of methoxy groups -OCH3 is 1.